The molecule has 6 N–H and O–H groups in total. The third kappa shape index (κ3) is 8.18. The minimum absolute atomic E-state index is 0.0260. The number of hydrogen-bond acceptors (Lipinski definition) is 10. The number of rotatable bonds is 3. The number of thiazole rings is 1. The summed E-state index contributed by atoms with van der Waals surface area (Å²) in [4.78, 5) is 29.8. The van der Waals surface area contributed by atoms with E-state index >= 15 is 0 Å². The molecule has 2 rings (SSSR count). The van der Waals surface area contributed by atoms with E-state index < -0.39 is 53.9 Å². The molecule has 5 atom stereocenters. The van der Waals surface area contributed by atoms with E-state index in [1.807, 2.05) is 6.92 Å². The van der Waals surface area contributed by atoms with E-state index in [0.29, 0.717) is 10.7 Å². The van der Waals surface area contributed by atoms with Crippen molar-refractivity contribution in [3.05, 3.63) is 32.9 Å². The molecule has 11 heteroatoms. The molecule has 1 aliphatic rings. The number of carbonyl (C=O) groups is 2. The van der Waals surface area contributed by atoms with Gasteiger partial charge in [-0.05, 0) is 44.8 Å². The normalized spacial score (nSPS) is 31.7. The van der Waals surface area contributed by atoms with E-state index in [4.69, 9.17) is 11.6 Å². The third-order valence-electron chi connectivity index (χ3n) is 6.19. The predicted octanol–water partition coefficient (Wildman–Crippen LogP) is 2.37. The van der Waals surface area contributed by atoms with Crippen molar-refractivity contribution in [1.82, 2.24) is 4.98 Å². The lowest BCUT2D eigenvalue weighted by atomic mass is 9.82. The summed E-state index contributed by atoms with van der Waals surface area (Å²) in [7, 11) is 0. The first-order valence-corrected chi connectivity index (χ1v) is 12.8. The number of carbonyl (C=O) groups excluding carboxylic acids is 2. The van der Waals surface area contributed by atoms with Crippen molar-refractivity contribution in [1.29, 1.82) is 0 Å². The maximum Gasteiger partial charge on any atom is 0.251 e. The second-order valence-corrected chi connectivity index (χ2v) is 10.5. The Morgan fingerprint density at radius 3 is 2.54 bits per heavy atom. The van der Waals surface area contributed by atoms with Gasteiger partial charge in [-0.1, -0.05) is 18.5 Å². The Morgan fingerprint density at radius 1 is 1.26 bits per heavy atom. The van der Waals surface area contributed by atoms with Gasteiger partial charge in [-0.25, -0.2) is 4.98 Å². The topological polar surface area (TPSA) is 168 Å². The number of aromatic nitrogens is 1. The Hall–Kier alpha value is -1.66. The Labute approximate surface area is 213 Å². The number of aliphatic hydroxyl groups excluding tert-OH is 4. The number of Topliss-reactive ketones (excluding diaryl/α,β-unsaturated/α-hetero) is 2. The third-order valence-corrected chi connectivity index (χ3v) is 7.40. The summed E-state index contributed by atoms with van der Waals surface area (Å²) in [5.74, 6) is -7.11. The summed E-state index contributed by atoms with van der Waals surface area (Å²) in [6, 6.07) is 0. The zero-order valence-corrected chi connectivity index (χ0v) is 21.4. The van der Waals surface area contributed by atoms with Crippen LogP contribution in [-0.2, 0) is 9.59 Å². The van der Waals surface area contributed by atoms with E-state index in [-0.39, 0.29) is 44.3 Å². The van der Waals surface area contributed by atoms with Crippen LogP contribution in [-0.4, -0.2) is 71.3 Å². The number of allylic oxidation sites excluding steroid dienone is 3. The van der Waals surface area contributed by atoms with Crippen LogP contribution in [0.4, 0.5) is 0 Å². The highest BCUT2D eigenvalue weighted by molar-refractivity contribution is 7.09. The van der Waals surface area contributed by atoms with Gasteiger partial charge in [0.25, 0.3) is 5.79 Å². The van der Waals surface area contributed by atoms with Gasteiger partial charge in [0.05, 0.1) is 34.6 Å². The fourth-order valence-corrected chi connectivity index (χ4v) is 4.89. The lowest BCUT2D eigenvalue weighted by molar-refractivity contribution is -0.227. The van der Waals surface area contributed by atoms with Crippen molar-refractivity contribution in [2.24, 2.45) is 11.8 Å². The van der Waals surface area contributed by atoms with Gasteiger partial charge in [0.15, 0.2) is 5.78 Å². The van der Waals surface area contributed by atoms with Crippen molar-refractivity contribution in [2.75, 3.05) is 0 Å². The molecule has 0 aliphatic heterocycles. The molecule has 35 heavy (non-hydrogen) atoms. The van der Waals surface area contributed by atoms with E-state index in [1.54, 1.807) is 11.5 Å². The number of aliphatic hydroxyl groups is 6. The first-order valence-electron chi connectivity index (χ1n) is 11.6. The predicted molar refractivity (Wildman–Crippen MR) is 132 cm³/mol. The first kappa shape index (κ1) is 29.6. The van der Waals surface area contributed by atoms with E-state index in [0.717, 1.165) is 5.01 Å². The van der Waals surface area contributed by atoms with Crippen LogP contribution in [0.3, 0.4) is 0 Å². The Bertz CT molecular complexity index is 944. The fraction of sp³-hybridized carbons (Fsp3) is 0.625. The molecule has 0 spiro atoms. The van der Waals surface area contributed by atoms with Crippen LogP contribution < -0.4 is 0 Å². The second kappa shape index (κ2) is 13.0. The number of nitrogens with zero attached hydrogens (tertiary/aromatic N) is 1. The van der Waals surface area contributed by atoms with Gasteiger partial charge in [-0.3, -0.25) is 9.59 Å². The summed E-state index contributed by atoms with van der Waals surface area (Å²) in [6.45, 7) is 3.35. The van der Waals surface area contributed by atoms with E-state index in [9.17, 15) is 40.2 Å². The van der Waals surface area contributed by atoms with Crippen LogP contribution in [0, 0.1) is 18.8 Å². The van der Waals surface area contributed by atoms with Crippen molar-refractivity contribution in [3.8, 4) is 0 Å². The molecule has 1 aromatic rings. The molecule has 0 saturated carbocycles. The summed E-state index contributed by atoms with van der Waals surface area (Å²) < 4.78 is 0. The van der Waals surface area contributed by atoms with Gasteiger partial charge >= 0.3 is 0 Å². The van der Waals surface area contributed by atoms with Crippen molar-refractivity contribution >= 4 is 40.6 Å². The minimum atomic E-state index is -3.29. The highest BCUT2D eigenvalue weighted by Crippen LogP contribution is 2.30. The molecule has 0 radical (unpaired) electrons. The maximum absolute atomic E-state index is 12.8. The van der Waals surface area contributed by atoms with Crippen LogP contribution >= 0.6 is 22.9 Å². The molecular weight excluding hydrogens is 498 g/mol. The maximum atomic E-state index is 12.8. The number of ketones is 2. The Morgan fingerprint density at radius 2 is 1.94 bits per heavy atom. The molecule has 1 aromatic heterocycles. The Kier molecular flexibility index (Phi) is 11.0. The largest absolute Gasteiger partial charge is 0.513 e. The molecule has 0 unspecified atom stereocenters. The average molecular weight is 532 g/mol. The highest BCUT2D eigenvalue weighted by atomic mass is 35.5. The van der Waals surface area contributed by atoms with Crippen molar-refractivity contribution in [3.63, 3.8) is 0 Å². The zero-order chi connectivity index (χ0) is 26.3. The summed E-state index contributed by atoms with van der Waals surface area (Å²) in [5, 5.41) is 65.1. The lowest BCUT2D eigenvalue weighted by Gasteiger charge is -2.32. The first-order chi connectivity index (χ1) is 16.4. The van der Waals surface area contributed by atoms with Crippen molar-refractivity contribution in [2.45, 2.75) is 82.9 Å². The molecule has 0 aromatic carbocycles. The molecule has 1 aliphatic carbocycles. The lowest BCUT2D eigenvalue weighted by Crippen LogP contribution is -2.55. The van der Waals surface area contributed by atoms with Gasteiger partial charge in [0.2, 0.25) is 0 Å². The van der Waals surface area contributed by atoms with Crippen LogP contribution in [0.25, 0.3) is 6.08 Å². The minimum Gasteiger partial charge on any atom is -0.513 e. The van der Waals surface area contributed by atoms with E-state index in [2.05, 4.69) is 4.98 Å². The van der Waals surface area contributed by atoms with E-state index in [1.165, 1.54) is 24.3 Å². The smallest absolute Gasteiger partial charge is 0.251 e. The molecule has 0 fully saturated rings. The van der Waals surface area contributed by atoms with Crippen LogP contribution in [0.5, 0.6) is 0 Å². The monoisotopic (exact) mass is 531 g/mol. The molecule has 0 bridgehead atoms. The molecular formula is C24H34ClNO8S. The quantitative estimate of drug-likeness (QED) is 0.320. The molecule has 0 saturated heterocycles. The SMILES string of the molecule is CC[C@H]1C(=O)C(O)(O)[C@@H](O)CC(=O)C[C@H](/C(Cl)=C/c2csc(C)n2)C/C=C(/O)CCC[C@H](O)[C@H]1O. The van der Waals surface area contributed by atoms with Gasteiger partial charge < -0.3 is 30.6 Å². The van der Waals surface area contributed by atoms with Gasteiger partial charge in [0, 0.05) is 35.6 Å². The molecule has 1 heterocycles. The van der Waals surface area contributed by atoms with Gasteiger partial charge in [-0.15, -0.1) is 11.3 Å². The van der Waals surface area contributed by atoms with Crippen LogP contribution in [0.2, 0.25) is 0 Å². The molecule has 196 valence electrons. The van der Waals surface area contributed by atoms with Crippen LogP contribution in [0.15, 0.2) is 22.2 Å². The number of halogens is 1. The highest BCUT2D eigenvalue weighted by Gasteiger charge is 2.47. The standard InChI is InChI=1S/C24H34ClNO8S/c1-3-18-22(31)20(29)6-4-5-16(27)8-7-14(19(25)10-15-12-35-13(2)26-15)9-17(28)11-21(30)24(33,34)23(18)32/h8,10,12,14,18,20-22,27,29-31,33-34H,3-7,9,11H2,1-2H3/b16-8+,19-10-/t14-,18-,20+,21+,22+/m1/s1. The Balaban J connectivity index is 2.35. The summed E-state index contributed by atoms with van der Waals surface area (Å²) in [6.07, 6.45) is -2.30. The van der Waals surface area contributed by atoms with Gasteiger partial charge in [-0.2, -0.15) is 0 Å². The molecule has 0 amide bonds. The fourth-order valence-electron chi connectivity index (χ4n) is 4.05. The number of aryl methyl sites for hydroxylation is 1. The average Bonchev–Trinajstić information content (AvgIpc) is 3.20. The van der Waals surface area contributed by atoms with Gasteiger partial charge in [0.1, 0.15) is 11.9 Å². The summed E-state index contributed by atoms with van der Waals surface area (Å²) >= 11 is 7.92. The zero-order valence-electron chi connectivity index (χ0n) is 19.8. The molecule has 9 nitrogen and oxygen atoms in total. The van der Waals surface area contributed by atoms with Crippen LogP contribution in [0.1, 0.15) is 62.6 Å². The van der Waals surface area contributed by atoms with Crippen molar-refractivity contribution < 1.29 is 40.2 Å². The second-order valence-electron chi connectivity index (χ2n) is 8.97. The number of hydrogen-bond donors (Lipinski definition) is 6. The summed E-state index contributed by atoms with van der Waals surface area (Å²) in [5.41, 5.74) is 0.610.